The number of alkyl carbamates (subject to hydrolysis) is 1. The third-order valence-electron chi connectivity index (χ3n) is 2.23. The average molecular weight is 350 g/mol. The summed E-state index contributed by atoms with van der Waals surface area (Å²) in [7, 11) is -1.63. The van der Waals surface area contributed by atoms with Crippen molar-refractivity contribution in [2.45, 2.75) is 52.1 Å². The van der Waals surface area contributed by atoms with Crippen molar-refractivity contribution in [3.63, 3.8) is 0 Å². The number of hydrogen-bond donors (Lipinski definition) is 1. The molecule has 0 aliphatic rings. The zero-order chi connectivity index (χ0) is 17.6. The van der Waals surface area contributed by atoms with Gasteiger partial charge in [-0.1, -0.05) is 25.3 Å². The minimum absolute atomic E-state index is 0.0487. The molecule has 0 heterocycles. The lowest BCUT2D eigenvalue weighted by atomic mass is 10.2. The van der Waals surface area contributed by atoms with Crippen molar-refractivity contribution in [3.8, 4) is 0 Å². The van der Waals surface area contributed by atoms with Gasteiger partial charge in [-0.05, 0) is 26.2 Å². The lowest BCUT2D eigenvalue weighted by molar-refractivity contribution is -0.142. The molecule has 0 saturated carbocycles. The van der Waals surface area contributed by atoms with E-state index in [0.29, 0.717) is 0 Å². The van der Waals surface area contributed by atoms with Gasteiger partial charge < -0.3 is 14.8 Å². The molecule has 22 heavy (non-hydrogen) atoms. The molecular weight excluding hydrogens is 322 g/mol. The Kier molecular flexibility index (Phi) is 8.03. The first-order valence-corrected chi connectivity index (χ1v) is 11.9. The summed E-state index contributed by atoms with van der Waals surface area (Å²) < 4.78 is 21.8. The quantitative estimate of drug-likeness (QED) is 0.587. The first-order valence-electron chi connectivity index (χ1n) is 6.98. The van der Waals surface area contributed by atoms with Crippen molar-refractivity contribution in [1.82, 2.24) is 5.32 Å². The minimum atomic E-state index is -1.47. The van der Waals surface area contributed by atoms with Crippen LogP contribution in [0.25, 0.3) is 0 Å². The van der Waals surface area contributed by atoms with Gasteiger partial charge in [0.05, 0.1) is 20.9 Å². The molecule has 2 atom stereocenters. The first kappa shape index (κ1) is 20.8. The molecule has 1 amide bonds. The molecule has 0 rings (SSSR count). The maximum atomic E-state index is 12.0. The summed E-state index contributed by atoms with van der Waals surface area (Å²) in [5.41, 5.74) is 1.26. The number of hydrogen-bond acceptors (Lipinski definition) is 5. The van der Waals surface area contributed by atoms with E-state index in [4.69, 9.17) is 4.74 Å². The molecule has 0 fully saturated rings. The Bertz CT molecular complexity index is 451. The second kappa shape index (κ2) is 8.47. The number of esters is 1. The third kappa shape index (κ3) is 10.6. The summed E-state index contributed by atoms with van der Waals surface area (Å²) in [5, 5.41) is 3.98. The summed E-state index contributed by atoms with van der Waals surface area (Å²) in [6, 6.07) is -1.01. The Morgan fingerprint density at radius 3 is 2.23 bits per heavy atom. The van der Waals surface area contributed by atoms with Crippen LogP contribution in [0.15, 0.2) is 11.1 Å². The van der Waals surface area contributed by atoms with Gasteiger partial charge in [0.1, 0.15) is 11.6 Å². The van der Waals surface area contributed by atoms with E-state index in [-0.39, 0.29) is 5.75 Å². The Hall–Kier alpha value is -1.15. The van der Waals surface area contributed by atoms with E-state index >= 15 is 0 Å². The third-order valence-corrected chi connectivity index (χ3v) is 4.74. The topological polar surface area (TPSA) is 81.7 Å². The fourth-order valence-electron chi connectivity index (χ4n) is 1.26. The summed E-state index contributed by atoms with van der Waals surface area (Å²) in [6.45, 7) is 11.5. The molecule has 0 radical (unpaired) electrons. The Morgan fingerprint density at radius 1 is 1.27 bits per heavy atom. The zero-order valence-electron chi connectivity index (χ0n) is 14.4. The van der Waals surface area contributed by atoms with Gasteiger partial charge in [0.25, 0.3) is 0 Å². The Labute approximate surface area is 136 Å². The number of carbonyl (C=O) groups is 2. The number of rotatable bonds is 6. The van der Waals surface area contributed by atoms with E-state index < -0.39 is 42.6 Å². The lowest BCUT2D eigenvalue weighted by Gasteiger charge is -2.22. The van der Waals surface area contributed by atoms with Gasteiger partial charge in [-0.15, -0.1) is 0 Å². The van der Waals surface area contributed by atoms with Gasteiger partial charge in [0, 0.05) is 10.8 Å². The predicted octanol–water partition coefficient (Wildman–Crippen LogP) is 2.19. The fraction of sp³-hybridized carbons (Fsp3) is 0.714. The van der Waals surface area contributed by atoms with E-state index in [9.17, 15) is 13.8 Å². The molecule has 0 bridgehead atoms. The van der Waals surface area contributed by atoms with Crippen molar-refractivity contribution in [3.05, 3.63) is 11.1 Å². The second-order valence-electron chi connectivity index (χ2n) is 6.94. The molecule has 0 aromatic rings. The molecular formula is C14H27NO5SSi. The molecule has 0 unspecified atom stereocenters. The molecule has 6 nitrogen and oxygen atoms in total. The van der Waals surface area contributed by atoms with Crippen molar-refractivity contribution in [2.75, 3.05) is 12.9 Å². The van der Waals surface area contributed by atoms with Crippen molar-refractivity contribution < 1.29 is 23.3 Å². The van der Waals surface area contributed by atoms with Crippen LogP contribution in [-0.2, 0) is 25.1 Å². The van der Waals surface area contributed by atoms with Crippen molar-refractivity contribution in [2.24, 2.45) is 0 Å². The second-order valence-corrected chi connectivity index (χ2v) is 13.4. The molecule has 1 N–H and O–H groups in total. The normalized spacial score (nSPS) is 15.2. The van der Waals surface area contributed by atoms with Crippen LogP contribution in [0, 0.1) is 0 Å². The molecule has 128 valence electrons. The predicted molar refractivity (Wildman–Crippen MR) is 90.7 cm³/mol. The van der Waals surface area contributed by atoms with Crippen LogP contribution >= 0.6 is 0 Å². The number of methoxy groups -OCH3 is 1. The summed E-state index contributed by atoms with van der Waals surface area (Å²) in [4.78, 5) is 23.4. The molecule has 8 heteroatoms. The molecule has 0 aromatic heterocycles. The minimum Gasteiger partial charge on any atom is -0.467 e. The van der Waals surface area contributed by atoms with Crippen LogP contribution < -0.4 is 5.32 Å². The van der Waals surface area contributed by atoms with Gasteiger partial charge in [0.15, 0.2) is 0 Å². The maximum Gasteiger partial charge on any atom is 0.408 e. The van der Waals surface area contributed by atoms with E-state index in [1.54, 1.807) is 26.2 Å². The lowest BCUT2D eigenvalue weighted by Crippen LogP contribution is -2.46. The SMILES string of the molecule is COC(=O)[C@H](C[S@@](=O)/C=C/[Si](C)(C)C)NC(=O)OC(C)(C)C. The van der Waals surface area contributed by atoms with E-state index in [2.05, 4.69) is 29.7 Å². The highest BCUT2D eigenvalue weighted by molar-refractivity contribution is 7.88. The first-order chi connectivity index (χ1) is 9.84. The molecule has 0 aliphatic heterocycles. The molecule has 0 saturated heterocycles. The van der Waals surface area contributed by atoms with Gasteiger partial charge in [-0.25, -0.2) is 9.59 Å². The van der Waals surface area contributed by atoms with Gasteiger partial charge in [-0.3, -0.25) is 4.21 Å². The Balaban J connectivity index is 4.80. The number of amides is 1. The van der Waals surface area contributed by atoms with E-state index in [1.807, 2.05) is 5.70 Å². The van der Waals surface area contributed by atoms with Crippen LogP contribution in [0.1, 0.15) is 20.8 Å². The molecule has 0 aromatic carbocycles. The highest BCUT2D eigenvalue weighted by atomic mass is 32.2. The van der Waals surface area contributed by atoms with Gasteiger partial charge in [0.2, 0.25) is 0 Å². The van der Waals surface area contributed by atoms with E-state index in [1.165, 1.54) is 7.11 Å². The molecule has 0 aliphatic carbocycles. The number of nitrogens with one attached hydrogen (secondary N) is 1. The maximum absolute atomic E-state index is 12.0. The fourth-order valence-corrected chi connectivity index (χ4v) is 4.16. The van der Waals surface area contributed by atoms with Crippen molar-refractivity contribution in [1.29, 1.82) is 0 Å². The van der Waals surface area contributed by atoms with E-state index in [0.717, 1.165) is 0 Å². The smallest absolute Gasteiger partial charge is 0.408 e. The molecule has 0 spiro atoms. The van der Waals surface area contributed by atoms with Gasteiger partial charge >= 0.3 is 12.1 Å². The van der Waals surface area contributed by atoms with Gasteiger partial charge in [-0.2, -0.15) is 0 Å². The zero-order valence-corrected chi connectivity index (χ0v) is 16.2. The van der Waals surface area contributed by atoms with Crippen LogP contribution in [0.4, 0.5) is 4.79 Å². The highest BCUT2D eigenvalue weighted by Gasteiger charge is 2.26. The monoisotopic (exact) mass is 349 g/mol. The highest BCUT2D eigenvalue weighted by Crippen LogP contribution is 2.08. The summed E-state index contributed by atoms with van der Waals surface area (Å²) >= 11 is 0. The summed E-state index contributed by atoms with van der Waals surface area (Å²) in [5.74, 6) is -0.701. The number of ether oxygens (including phenoxy) is 2. The van der Waals surface area contributed by atoms with Crippen LogP contribution in [0.3, 0.4) is 0 Å². The standard InChI is InChI=1S/C14H27NO5SSi/c1-14(2,3)20-13(17)15-11(12(16)19-4)10-21(18)8-9-22(5,6)7/h8-9,11H,10H2,1-7H3,(H,15,17)/b9-8+/t11-,21-/m0/s1. The summed E-state index contributed by atoms with van der Waals surface area (Å²) in [6.07, 6.45) is -0.742. The number of carbonyl (C=O) groups excluding carboxylic acids is 2. The van der Waals surface area contributed by atoms with Crippen molar-refractivity contribution >= 4 is 30.9 Å². The Morgan fingerprint density at radius 2 is 1.82 bits per heavy atom. The van der Waals surface area contributed by atoms with Crippen LogP contribution in [0.5, 0.6) is 0 Å². The van der Waals surface area contributed by atoms with Crippen LogP contribution in [0.2, 0.25) is 19.6 Å². The largest absolute Gasteiger partial charge is 0.467 e. The van der Waals surface area contributed by atoms with Crippen LogP contribution in [-0.4, -0.2) is 48.9 Å². The average Bonchev–Trinajstić information content (AvgIpc) is 2.31.